The Morgan fingerprint density at radius 3 is 1.12 bits per heavy atom. The molecular weight excluding hydrogens is 1320 g/mol. The number of carbonyl (C=O) groups is 1. The van der Waals surface area contributed by atoms with E-state index in [0.717, 1.165) is 136 Å². The molecule has 0 aromatic heterocycles. The fourth-order valence-electron chi connectivity index (χ4n) is 9.39. The van der Waals surface area contributed by atoms with Crippen LogP contribution in [0.4, 0.5) is 4.79 Å². The van der Waals surface area contributed by atoms with Crippen LogP contribution in [0.3, 0.4) is 0 Å². The first kappa shape index (κ1) is 87.6. The van der Waals surface area contributed by atoms with Gasteiger partial charge in [0.25, 0.3) is 0 Å². The van der Waals surface area contributed by atoms with Crippen molar-refractivity contribution in [2.24, 2.45) is 0 Å². The molecule has 0 radical (unpaired) electrons. The van der Waals surface area contributed by atoms with Gasteiger partial charge in [0, 0.05) is 79.2 Å². The Labute approximate surface area is 581 Å². The lowest BCUT2D eigenvalue weighted by Crippen LogP contribution is -2.46. The van der Waals surface area contributed by atoms with E-state index < -0.39 is 55.3 Å². The van der Waals surface area contributed by atoms with Crippen molar-refractivity contribution < 1.29 is 78.6 Å². The van der Waals surface area contributed by atoms with E-state index in [4.69, 9.17) is 80.6 Å². The van der Waals surface area contributed by atoms with E-state index in [2.05, 4.69) is 18.7 Å². The van der Waals surface area contributed by atoms with Crippen molar-refractivity contribution >= 4 is 71.9 Å². The highest BCUT2D eigenvalue weighted by Crippen LogP contribution is 2.26. The van der Waals surface area contributed by atoms with Crippen LogP contribution >= 0.6 is 22.2 Å². The zero-order valence-electron chi connectivity index (χ0n) is 58.6. The molecule has 5 aromatic carbocycles. The van der Waals surface area contributed by atoms with E-state index in [1.54, 1.807) is 65.3 Å². The van der Waals surface area contributed by atoms with Crippen LogP contribution in [-0.4, -0.2) is 138 Å². The number of phenolic OH excluding ortho intramolecular Hbond substituents is 3. The summed E-state index contributed by atoms with van der Waals surface area (Å²) in [6.45, 7) is 29.9. The van der Waals surface area contributed by atoms with Gasteiger partial charge in [-0.3, -0.25) is 0 Å². The lowest BCUT2D eigenvalue weighted by molar-refractivity contribution is 0.0205. The second kappa shape index (κ2) is 53.6. The number of benzene rings is 5. The topological polar surface area (TPSA) is 198 Å². The molecule has 3 N–H and O–H groups in total. The number of hydrogen-bond acceptors (Lipinski definition) is 17. The second-order valence-corrected chi connectivity index (χ2v) is 37.1. The molecule has 530 valence electrons. The van der Waals surface area contributed by atoms with Crippen molar-refractivity contribution in [1.82, 2.24) is 0 Å². The highest BCUT2D eigenvalue weighted by molar-refractivity contribution is 7.33. The van der Waals surface area contributed by atoms with E-state index in [1.165, 1.54) is 11.8 Å². The van der Waals surface area contributed by atoms with E-state index in [-0.39, 0.29) is 0 Å². The molecule has 0 aliphatic rings. The predicted molar refractivity (Wildman–Crippen MR) is 392 cm³/mol. The van der Waals surface area contributed by atoms with Crippen LogP contribution < -0.4 is 9.47 Å². The molecule has 0 aliphatic carbocycles. The van der Waals surface area contributed by atoms with Gasteiger partial charge in [-0.1, -0.05) is 85.4 Å². The van der Waals surface area contributed by atoms with Crippen LogP contribution in [0.25, 0.3) is 0 Å². The molecule has 0 aliphatic heterocycles. The van der Waals surface area contributed by atoms with E-state index >= 15 is 0 Å². The molecule has 0 spiro atoms. The first-order chi connectivity index (χ1) is 45.2. The van der Waals surface area contributed by atoms with Crippen molar-refractivity contribution in [2.45, 2.75) is 176 Å². The lowest BCUT2D eigenvalue weighted by Gasteiger charge is -2.28. The normalized spacial score (nSPS) is 11.3. The molecule has 0 bridgehead atoms. The first-order valence-corrected chi connectivity index (χ1v) is 44.9. The van der Waals surface area contributed by atoms with Gasteiger partial charge in [0.15, 0.2) is 0 Å². The van der Waals surface area contributed by atoms with Crippen LogP contribution in [0.15, 0.2) is 134 Å². The summed E-state index contributed by atoms with van der Waals surface area (Å²) in [4.78, 5) is 11.7. The molecular formula is C70H114Cl2O17Si5. The van der Waals surface area contributed by atoms with Gasteiger partial charge in [0.05, 0.1) is 6.26 Å². The van der Waals surface area contributed by atoms with Gasteiger partial charge >= 0.3 is 42.3 Å². The zero-order valence-corrected chi connectivity index (χ0v) is 65.6. The molecule has 0 unspecified atom stereocenters. The van der Waals surface area contributed by atoms with Crippen molar-refractivity contribution in [2.75, 3.05) is 67.1 Å². The van der Waals surface area contributed by atoms with Crippen LogP contribution in [0.1, 0.15) is 136 Å². The van der Waals surface area contributed by atoms with Gasteiger partial charge in [-0.25, -0.2) is 4.79 Å². The monoisotopic (exact) mass is 1440 g/mol. The molecule has 0 saturated heterocycles. The lowest BCUT2D eigenvalue weighted by atomic mass is 10.1. The van der Waals surface area contributed by atoms with Gasteiger partial charge in [-0.15, -0.1) is 0 Å². The van der Waals surface area contributed by atoms with Crippen molar-refractivity contribution in [1.29, 1.82) is 0 Å². The molecule has 5 aromatic rings. The Balaban J connectivity index is 0.000000601. The Bertz CT molecular complexity index is 2630. The van der Waals surface area contributed by atoms with Gasteiger partial charge in [-0.05, 0) is 229 Å². The quantitative estimate of drug-likeness (QED) is 0.0110. The third-order valence-electron chi connectivity index (χ3n) is 13.6. The maximum Gasteiger partial charge on any atom is 0.514 e. The summed E-state index contributed by atoms with van der Waals surface area (Å²) in [6, 6.07) is 42.3. The second-order valence-electron chi connectivity index (χ2n) is 22.0. The number of halogens is 2. The Kier molecular flexibility index (Phi) is 49.9. The zero-order chi connectivity index (χ0) is 69.9. The summed E-state index contributed by atoms with van der Waals surface area (Å²) in [6.07, 6.45) is 10.0. The number of aryl methyl sites for hydroxylation is 5. The largest absolute Gasteiger partial charge is 0.514 e. The number of para-hydroxylation sites is 3. The molecule has 17 nitrogen and oxygen atoms in total. The average molecular weight is 1440 g/mol. The maximum absolute atomic E-state index is 11.7. The van der Waals surface area contributed by atoms with E-state index in [9.17, 15) is 20.1 Å². The van der Waals surface area contributed by atoms with Crippen LogP contribution in [0, 0.1) is 0 Å². The number of hydrogen-bond donors (Lipinski definition) is 3. The van der Waals surface area contributed by atoms with Gasteiger partial charge in [-0.2, -0.15) is 22.2 Å². The highest BCUT2D eigenvalue weighted by atomic mass is 35.7. The van der Waals surface area contributed by atoms with Gasteiger partial charge in [0.1, 0.15) is 34.3 Å². The third-order valence-corrected chi connectivity index (χ3v) is 26.3. The first-order valence-electron chi connectivity index (χ1n) is 33.3. The fraction of sp³-hybridized carbons (Fsp3) is 0.529. The molecule has 0 saturated carbocycles. The Morgan fingerprint density at radius 1 is 0.468 bits per heavy atom. The van der Waals surface area contributed by atoms with Crippen LogP contribution in [0.5, 0.6) is 28.7 Å². The number of ether oxygens (including phenoxy) is 3. The maximum atomic E-state index is 11.7. The molecule has 0 heterocycles. The molecule has 0 amide bonds. The summed E-state index contributed by atoms with van der Waals surface area (Å²) in [5.74, 6) is 2.41. The van der Waals surface area contributed by atoms with Crippen LogP contribution in [0.2, 0.25) is 30.2 Å². The minimum atomic E-state index is -2.59. The van der Waals surface area contributed by atoms with Crippen molar-refractivity contribution in [3.8, 4) is 28.7 Å². The Morgan fingerprint density at radius 2 is 0.809 bits per heavy atom. The molecule has 0 fully saturated rings. The number of phenols is 3. The van der Waals surface area contributed by atoms with Crippen LogP contribution in [-0.2, 0) is 81.1 Å². The minimum absolute atomic E-state index is 0.366. The smallest absolute Gasteiger partial charge is 0.508 e. The van der Waals surface area contributed by atoms with Crippen molar-refractivity contribution in [3.05, 3.63) is 162 Å². The summed E-state index contributed by atoms with van der Waals surface area (Å²) in [7, 11) is -6.08. The predicted octanol–water partition coefficient (Wildman–Crippen LogP) is 16.7. The minimum Gasteiger partial charge on any atom is -0.508 e. The molecule has 94 heavy (non-hydrogen) atoms. The Hall–Kier alpha value is -4.43. The third kappa shape index (κ3) is 41.0. The van der Waals surface area contributed by atoms with Gasteiger partial charge < -0.3 is 73.8 Å². The average Bonchev–Trinajstić information content (AvgIpc) is 1.16. The SMILES string of the molecule is C=COc1ccc(CCC[Si](OCC)(OCC)OCC)cc1.CCO[SiH](CCCc1ccccc1O)OCC.CCO[Si](CCCc1ccc(OC(=O)OC(C)(C)C)cc1)(OCC)OCC.CO[SiH](CCCc1ccccc1O)OC.Oc1ccccc1CCC[SiH](Cl)Cl. The van der Waals surface area contributed by atoms with Crippen molar-refractivity contribution in [3.63, 3.8) is 0 Å². The molecule has 0 atom stereocenters. The van der Waals surface area contributed by atoms with Gasteiger partial charge in [0.2, 0.25) is 7.42 Å². The summed E-state index contributed by atoms with van der Waals surface area (Å²) < 4.78 is 72.4. The fourth-order valence-corrected chi connectivity index (χ4v) is 19.0. The number of aromatic hydroxyl groups is 3. The number of carbonyl (C=O) groups excluding carboxylic acids is 1. The van der Waals surface area contributed by atoms with E-state index in [1.807, 2.05) is 134 Å². The summed E-state index contributed by atoms with van der Waals surface area (Å²) >= 11 is 11.5. The highest BCUT2D eigenvalue weighted by Gasteiger charge is 2.40. The summed E-state index contributed by atoms with van der Waals surface area (Å²) in [5, 5.41) is 28.6. The number of rotatable bonds is 41. The van der Waals surface area contributed by atoms with E-state index in [0.29, 0.717) is 62.6 Å². The molecule has 5 rings (SSSR count). The summed E-state index contributed by atoms with van der Waals surface area (Å²) in [5.41, 5.74) is 4.83. The standard InChI is InChI=1S/C20H34O6Si.C17H28O4Si.C13H22O3Si.C11H18O3Si.C9H12Cl2OSi/c1-7-22-27(23-8-2,24-9-3)16-10-11-17-12-14-18(15-13-17)25-19(21)26-20(4,5)6;1-5-18-17-13-11-16(12-14-17)10-9-15-22(19-6-2,20-7-3)21-8-4;1-3-15-17(16-4-2)11-7-9-12-8-5-6-10-13(12)14;1-13-15(14-2)9-5-7-10-6-3-4-8-11(10)12;10-13(11)7-3-5-8-4-1-2-6-9(8)12/h12-15H,7-11,16H2,1-6H3;5,11-14H,1,6-10,15H2,2-4H3;5-6,8,10,14,17H,3-4,7,9,11H2,1-2H3;3-4,6,8,12,15H,5,7,9H2,1-2H3;1-2,4,6,12-13H,3,5,7H2. The molecule has 24 heteroatoms.